The maximum atomic E-state index is 15.4. The minimum absolute atomic E-state index is 0.0608. The Kier molecular flexibility index (Phi) is 10.3. The first kappa shape index (κ1) is 42.0. The number of fused-ring (bicyclic) bond motifs is 4. The molecule has 5 aliphatic rings. The van der Waals surface area contributed by atoms with Crippen LogP contribution >= 0.6 is 0 Å². The lowest BCUT2D eigenvalue weighted by Gasteiger charge is -2.64. The molecule has 15 nitrogen and oxygen atoms in total. The highest BCUT2D eigenvalue weighted by atomic mass is 16.6. The number of hydrogen-bond acceptors (Lipinski definition) is 14. The molecule has 1 aliphatic heterocycles. The van der Waals surface area contributed by atoms with E-state index in [4.69, 9.17) is 23.7 Å². The lowest BCUT2D eigenvalue weighted by atomic mass is 9.49. The number of benzene rings is 3. The maximum Gasteiger partial charge on any atom is 0.338 e. The normalized spacial score (nSPS) is 35.3. The van der Waals surface area contributed by atoms with Gasteiger partial charge in [-0.05, 0) is 54.8 Å². The molecule has 13 atom stereocenters. The van der Waals surface area contributed by atoms with Crippen molar-refractivity contribution < 1.29 is 67.8 Å². The van der Waals surface area contributed by atoms with Gasteiger partial charge in [0.25, 0.3) is 5.91 Å². The van der Waals surface area contributed by atoms with Gasteiger partial charge in [-0.3, -0.25) is 19.2 Å². The van der Waals surface area contributed by atoms with Crippen LogP contribution in [-0.4, -0.2) is 105 Å². The summed E-state index contributed by atoms with van der Waals surface area (Å²) in [5.41, 5.74) is -6.67. The third kappa shape index (κ3) is 6.23. The molecule has 4 fully saturated rings. The van der Waals surface area contributed by atoms with Crippen LogP contribution in [0.4, 0.5) is 0 Å². The van der Waals surface area contributed by atoms with Crippen LogP contribution in [0.2, 0.25) is 0 Å². The second-order valence-corrected chi connectivity index (χ2v) is 17.0. The number of Topliss-reactive ketones (excluding diaryl/α,β-unsaturated/α-hetero) is 1. The Hall–Kier alpha value is -5.74. The van der Waals surface area contributed by atoms with Gasteiger partial charge in [-0.15, -0.1) is 0 Å². The molecule has 8 rings (SSSR count). The Bertz CT molecular complexity index is 2320. The van der Waals surface area contributed by atoms with Gasteiger partial charge >= 0.3 is 23.9 Å². The van der Waals surface area contributed by atoms with Crippen LogP contribution in [0.25, 0.3) is 0 Å². The second-order valence-electron chi connectivity index (χ2n) is 17.0. The Morgan fingerprint density at radius 3 is 1.97 bits per heavy atom. The van der Waals surface area contributed by atoms with Crippen molar-refractivity contribution in [2.45, 2.75) is 94.9 Å². The molecule has 1 saturated heterocycles. The molecule has 1 unspecified atom stereocenters. The van der Waals surface area contributed by atoms with Crippen LogP contribution in [0.15, 0.2) is 102 Å². The van der Waals surface area contributed by atoms with Gasteiger partial charge in [0, 0.05) is 37.2 Å². The number of aliphatic hydroxyl groups excluding tert-OH is 2. The zero-order valence-electron chi connectivity index (χ0n) is 34.1. The van der Waals surface area contributed by atoms with Crippen molar-refractivity contribution in [1.29, 1.82) is 0 Å². The van der Waals surface area contributed by atoms with Gasteiger partial charge < -0.3 is 44.3 Å². The number of carbonyl (C=O) groups is 6. The minimum atomic E-state index is -2.27. The number of ketones is 1. The molecule has 4 N–H and O–H groups in total. The highest BCUT2D eigenvalue weighted by molar-refractivity contribution is 5.97. The third-order valence-corrected chi connectivity index (χ3v) is 13.8. The molecule has 320 valence electrons. The van der Waals surface area contributed by atoms with E-state index in [0.29, 0.717) is 5.56 Å². The van der Waals surface area contributed by atoms with E-state index in [1.54, 1.807) is 85.8 Å². The van der Waals surface area contributed by atoms with E-state index in [0.717, 1.165) is 13.8 Å². The number of hydrogen-bond donors (Lipinski definition) is 4. The zero-order valence-corrected chi connectivity index (χ0v) is 34.1. The van der Waals surface area contributed by atoms with Crippen molar-refractivity contribution in [3.05, 3.63) is 119 Å². The Morgan fingerprint density at radius 2 is 1.41 bits per heavy atom. The van der Waals surface area contributed by atoms with Crippen LogP contribution < -0.4 is 5.32 Å². The number of carbonyl (C=O) groups excluding carboxylic acids is 6. The number of ether oxygens (including phenoxy) is 5. The lowest BCUT2D eigenvalue weighted by molar-refractivity contribution is -0.337. The highest BCUT2D eigenvalue weighted by Crippen LogP contribution is 2.79. The molecule has 1 heterocycles. The average Bonchev–Trinajstić information content (AvgIpc) is 3.63. The number of esters is 4. The number of amides is 1. The number of nitrogens with one attached hydrogen (secondary N) is 1. The Morgan fingerprint density at radius 1 is 0.820 bits per heavy atom. The molecule has 3 aromatic carbocycles. The van der Waals surface area contributed by atoms with Crippen molar-refractivity contribution in [2.75, 3.05) is 6.61 Å². The van der Waals surface area contributed by atoms with Crippen molar-refractivity contribution in [3.8, 4) is 0 Å². The monoisotopic (exact) mass is 837 g/mol. The summed E-state index contributed by atoms with van der Waals surface area (Å²) >= 11 is 0. The van der Waals surface area contributed by atoms with E-state index in [-0.39, 0.29) is 35.3 Å². The summed E-state index contributed by atoms with van der Waals surface area (Å²) in [6.07, 6.45) is -9.74. The van der Waals surface area contributed by atoms with Crippen LogP contribution in [-0.2, 0) is 42.9 Å². The van der Waals surface area contributed by atoms with Crippen LogP contribution in [0, 0.1) is 22.7 Å². The summed E-state index contributed by atoms with van der Waals surface area (Å²) in [5.74, 6) is -7.94. The smallest absolute Gasteiger partial charge is 0.338 e. The minimum Gasteiger partial charge on any atom is -0.455 e. The Balaban J connectivity index is 1.26. The SMILES string of the molecule is CC(=O)O[C@H]1C(=O)[C@@]2(C)[C@H]([C@H](OC(=O)c3ccccc3)[C@]3(O)C4[C@H](OC(=O)[C@H](O)[C@@H](NC(=O)c5ccccc5)c5ccccc5)C(C)=C1[C@@]43C)[C@]1(OC(C)=O)CO[C@@H]1C[C@@H]2O. The van der Waals surface area contributed by atoms with E-state index >= 15 is 4.79 Å². The van der Waals surface area contributed by atoms with Crippen LogP contribution in [0.3, 0.4) is 0 Å². The second kappa shape index (κ2) is 15.0. The lowest BCUT2D eigenvalue weighted by Crippen LogP contribution is -2.79. The molecule has 3 saturated carbocycles. The predicted octanol–water partition coefficient (Wildman–Crippen LogP) is 2.96. The molecule has 0 aromatic heterocycles. The molecule has 15 heteroatoms. The maximum absolute atomic E-state index is 15.4. The van der Waals surface area contributed by atoms with E-state index in [1.807, 2.05) is 0 Å². The first-order chi connectivity index (χ1) is 28.9. The molecule has 61 heavy (non-hydrogen) atoms. The van der Waals surface area contributed by atoms with Gasteiger partial charge in [0.15, 0.2) is 23.6 Å². The van der Waals surface area contributed by atoms with E-state index < -0.39 is 112 Å². The summed E-state index contributed by atoms with van der Waals surface area (Å²) in [5, 5.41) is 39.9. The molecule has 1 amide bonds. The number of rotatable bonds is 10. The molecular formula is C46H47NO14. The van der Waals surface area contributed by atoms with E-state index in [9.17, 15) is 39.3 Å². The van der Waals surface area contributed by atoms with Gasteiger partial charge in [0.2, 0.25) is 0 Å². The number of aliphatic hydroxyl groups is 3. The summed E-state index contributed by atoms with van der Waals surface area (Å²) in [4.78, 5) is 83.1. The van der Waals surface area contributed by atoms with Gasteiger partial charge in [-0.2, -0.15) is 0 Å². The fourth-order valence-electron chi connectivity index (χ4n) is 10.9. The Labute approximate surface area is 351 Å². The van der Waals surface area contributed by atoms with Crippen molar-refractivity contribution in [2.24, 2.45) is 22.7 Å². The first-order valence-corrected chi connectivity index (χ1v) is 20.1. The molecular weight excluding hydrogens is 790 g/mol. The summed E-state index contributed by atoms with van der Waals surface area (Å²) < 4.78 is 30.2. The topological polar surface area (TPSA) is 221 Å². The largest absolute Gasteiger partial charge is 0.455 e. The fourth-order valence-corrected chi connectivity index (χ4v) is 10.9. The highest BCUT2D eigenvalue weighted by Gasteiger charge is 2.91. The van der Waals surface area contributed by atoms with E-state index in [2.05, 4.69) is 5.32 Å². The van der Waals surface area contributed by atoms with Gasteiger partial charge in [0.1, 0.15) is 23.9 Å². The van der Waals surface area contributed by atoms with E-state index in [1.165, 1.54) is 26.0 Å². The summed E-state index contributed by atoms with van der Waals surface area (Å²) in [6.45, 7) is 6.46. The predicted molar refractivity (Wildman–Crippen MR) is 211 cm³/mol. The van der Waals surface area contributed by atoms with Gasteiger partial charge in [-0.1, -0.05) is 73.7 Å². The van der Waals surface area contributed by atoms with Crippen molar-refractivity contribution in [3.63, 3.8) is 0 Å². The quantitative estimate of drug-likeness (QED) is 0.131. The standard InChI is InChI=1S/C46H47NO14/c1-23-31-35(58-24(2)48)38(52)43(4)29(50)21-30-45(22-57-30,61-25(3)49)37(43)39(60-41(54)28-19-13-8-14-20-28)46(56)36(44(31,46)5)34(23)59-42(55)33(51)32(26-15-9-6-10-16-26)47-40(53)27-17-11-7-12-18-27/h6-20,29-30,32-37,39,50-51,56H,21-22H2,1-5H3,(H,47,53)/t29-,30+,32-,33+,34+,35+,36?,37-,39-,43+,44-,45-,46+/m0/s1. The van der Waals surface area contributed by atoms with Crippen LogP contribution in [0.1, 0.15) is 73.4 Å². The summed E-state index contributed by atoms with van der Waals surface area (Å²) in [7, 11) is 0. The fraction of sp³-hybridized carbons (Fsp3) is 0.435. The zero-order chi connectivity index (χ0) is 43.8. The van der Waals surface area contributed by atoms with Gasteiger partial charge in [-0.25, -0.2) is 9.59 Å². The van der Waals surface area contributed by atoms with Crippen molar-refractivity contribution in [1.82, 2.24) is 5.32 Å². The molecule has 0 bridgehead atoms. The van der Waals surface area contributed by atoms with Crippen molar-refractivity contribution >= 4 is 35.6 Å². The van der Waals surface area contributed by atoms with Gasteiger partial charge in [0.05, 0.1) is 35.6 Å². The average molecular weight is 838 g/mol. The first-order valence-electron chi connectivity index (χ1n) is 20.1. The molecule has 0 radical (unpaired) electrons. The molecule has 3 aromatic rings. The summed E-state index contributed by atoms with van der Waals surface area (Å²) in [6, 6.07) is 23.0. The van der Waals surface area contributed by atoms with Crippen LogP contribution in [0.5, 0.6) is 0 Å². The molecule has 0 spiro atoms. The molecule has 4 aliphatic carbocycles. The third-order valence-electron chi connectivity index (χ3n) is 13.8.